The van der Waals surface area contributed by atoms with Crippen LogP contribution < -0.4 is 5.32 Å². The number of aromatic nitrogens is 2. The van der Waals surface area contributed by atoms with Gasteiger partial charge < -0.3 is 10.4 Å². The Morgan fingerprint density at radius 3 is 2.40 bits per heavy atom. The summed E-state index contributed by atoms with van der Waals surface area (Å²) in [7, 11) is 1.89. The highest BCUT2D eigenvalue weighted by atomic mass is 16.4. The summed E-state index contributed by atoms with van der Waals surface area (Å²) in [5.41, 5.74) is 1.95. The maximum Gasteiger partial charge on any atom is 0.329 e. The van der Waals surface area contributed by atoms with Gasteiger partial charge >= 0.3 is 5.97 Å². The summed E-state index contributed by atoms with van der Waals surface area (Å²) in [4.78, 5) is 24.6. The standard InChI is InChI=1S/C19H31N3O3/c1-6-15-7-9-19(10-8-15,18(24)25)20-17(23)12(2)11-16-13(3)21-22(5)14(16)4/h12,15H,6-11H2,1-5H3,(H,20,23)(H,24,25). The molecule has 0 radical (unpaired) electrons. The maximum atomic E-state index is 12.7. The number of nitrogens with one attached hydrogen (secondary N) is 1. The van der Waals surface area contributed by atoms with Crippen LogP contribution in [0.1, 0.15) is 62.9 Å². The second-order valence-corrected chi connectivity index (χ2v) is 7.61. The summed E-state index contributed by atoms with van der Waals surface area (Å²) >= 11 is 0. The predicted molar refractivity (Wildman–Crippen MR) is 96.3 cm³/mol. The van der Waals surface area contributed by atoms with Gasteiger partial charge in [0.1, 0.15) is 5.54 Å². The van der Waals surface area contributed by atoms with Crippen molar-refractivity contribution in [3.8, 4) is 0 Å². The van der Waals surface area contributed by atoms with E-state index in [2.05, 4.69) is 17.3 Å². The zero-order chi connectivity index (χ0) is 18.8. The zero-order valence-corrected chi connectivity index (χ0v) is 16.1. The SMILES string of the molecule is CCC1CCC(NC(=O)C(C)Cc2c(C)nn(C)c2C)(C(=O)O)CC1. The predicted octanol–water partition coefficient (Wildman–Crippen LogP) is 2.76. The summed E-state index contributed by atoms with van der Waals surface area (Å²) in [5, 5.41) is 17.0. The fourth-order valence-corrected chi connectivity index (χ4v) is 3.84. The van der Waals surface area contributed by atoms with Gasteiger partial charge in [-0.1, -0.05) is 20.3 Å². The average molecular weight is 349 g/mol. The molecule has 1 saturated carbocycles. The minimum Gasteiger partial charge on any atom is -0.480 e. The van der Waals surface area contributed by atoms with E-state index in [9.17, 15) is 14.7 Å². The summed E-state index contributed by atoms with van der Waals surface area (Å²) < 4.78 is 1.82. The molecule has 0 bridgehead atoms. The van der Waals surface area contributed by atoms with Crippen molar-refractivity contribution < 1.29 is 14.7 Å². The van der Waals surface area contributed by atoms with Crippen LogP contribution in [-0.2, 0) is 23.1 Å². The van der Waals surface area contributed by atoms with Crippen molar-refractivity contribution in [2.24, 2.45) is 18.9 Å². The Morgan fingerprint density at radius 1 is 1.36 bits per heavy atom. The molecule has 1 aromatic rings. The Labute approximate surface area is 150 Å². The van der Waals surface area contributed by atoms with Gasteiger partial charge in [-0.2, -0.15) is 5.10 Å². The molecule has 2 rings (SSSR count). The second-order valence-electron chi connectivity index (χ2n) is 7.61. The third-order valence-corrected chi connectivity index (χ3v) is 5.92. The Morgan fingerprint density at radius 2 is 1.96 bits per heavy atom. The molecule has 1 aromatic heterocycles. The molecule has 1 unspecified atom stereocenters. The highest BCUT2D eigenvalue weighted by Gasteiger charge is 2.43. The van der Waals surface area contributed by atoms with E-state index in [-0.39, 0.29) is 11.8 Å². The van der Waals surface area contributed by atoms with Crippen LogP contribution in [0, 0.1) is 25.7 Å². The lowest BCUT2D eigenvalue weighted by atomic mass is 9.75. The van der Waals surface area contributed by atoms with Gasteiger partial charge in [-0.25, -0.2) is 4.79 Å². The fraction of sp³-hybridized carbons (Fsp3) is 0.737. The van der Waals surface area contributed by atoms with Crippen LogP contribution in [0.2, 0.25) is 0 Å². The molecule has 0 saturated heterocycles. The highest BCUT2D eigenvalue weighted by Crippen LogP contribution is 2.34. The van der Waals surface area contributed by atoms with Crippen LogP contribution in [0.5, 0.6) is 0 Å². The monoisotopic (exact) mass is 349 g/mol. The van der Waals surface area contributed by atoms with Gasteiger partial charge in [-0.3, -0.25) is 9.48 Å². The van der Waals surface area contributed by atoms with Crippen molar-refractivity contribution in [2.75, 3.05) is 0 Å². The summed E-state index contributed by atoms with van der Waals surface area (Å²) in [6, 6.07) is 0. The quantitative estimate of drug-likeness (QED) is 0.827. The van der Waals surface area contributed by atoms with Gasteiger partial charge in [-0.15, -0.1) is 0 Å². The van der Waals surface area contributed by atoms with E-state index in [1.165, 1.54) is 0 Å². The number of hydrogen-bond donors (Lipinski definition) is 2. The molecule has 1 fully saturated rings. The van der Waals surface area contributed by atoms with E-state index in [4.69, 9.17) is 0 Å². The molecule has 0 aliphatic heterocycles. The van der Waals surface area contributed by atoms with Crippen molar-refractivity contribution in [3.63, 3.8) is 0 Å². The number of nitrogens with zero attached hydrogens (tertiary/aromatic N) is 2. The van der Waals surface area contributed by atoms with E-state index in [0.29, 0.717) is 25.2 Å². The summed E-state index contributed by atoms with van der Waals surface area (Å²) in [6.45, 7) is 7.93. The number of rotatable bonds is 6. The third-order valence-electron chi connectivity index (χ3n) is 5.92. The first-order chi connectivity index (χ1) is 11.7. The third kappa shape index (κ3) is 4.05. The molecular formula is C19H31N3O3. The van der Waals surface area contributed by atoms with E-state index >= 15 is 0 Å². The number of amides is 1. The van der Waals surface area contributed by atoms with Crippen LogP contribution in [0.4, 0.5) is 0 Å². The van der Waals surface area contributed by atoms with E-state index in [1.807, 2.05) is 32.5 Å². The first kappa shape index (κ1) is 19.5. The number of carboxylic acids is 1. The Hall–Kier alpha value is -1.85. The minimum absolute atomic E-state index is 0.181. The van der Waals surface area contributed by atoms with Crippen LogP contribution in [0.25, 0.3) is 0 Å². The van der Waals surface area contributed by atoms with Crippen LogP contribution in [0.3, 0.4) is 0 Å². The molecular weight excluding hydrogens is 318 g/mol. The molecule has 1 aliphatic rings. The lowest BCUT2D eigenvalue weighted by Gasteiger charge is -2.37. The van der Waals surface area contributed by atoms with E-state index in [1.54, 1.807) is 0 Å². The molecule has 0 spiro atoms. The van der Waals surface area contributed by atoms with Gasteiger partial charge in [0, 0.05) is 18.7 Å². The first-order valence-corrected chi connectivity index (χ1v) is 9.24. The lowest BCUT2D eigenvalue weighted by Crippen LogP contribution is -2.57. The molecule has 1 heterocycles. The smallest absolute Gasteiger partial charge is 0.329 e. The van der Waals surface area contributed by atoms with Crippen molar-refractivity contribution in [2.45, 2.75) is 71.8 Å². The van der Waals surface area contributed by atoms with Crippen LogP contribution in [0.15, 0.2) is 0 Å². The van der Waals surface area contributed by atoms with Gasteiger partial charge in [0.2, 0.25) is 5.91 Å². The molecule has 0 aromatic carbocycles. The summed E-state index contributed by atoms with van der Waals surface area (Å²) in [5.74, 6) is -0.805. The number of carbonyl (C=O) groups excluding carboxylic acids is 1. The minimum atomic E-state index is -1.10. The Balaban J connectivity index is 2.07. The normalized spacial score (nSPS) is 24.8. The van der Waals surface area contributed by atoms with Gasteiger partial charge in [0.05, 0.1) is 5.69 Å². The number of hydrogen-bond acceptors (Lipinski definition) is 3. The molecule has 1 aliphatic carbocycles. The van der Waals surface area contributed by atoms with Crippen molar-refractivity contribution in [3.05, 3.63) is 17.0 Å². The molecule has 6 nitrogen and oxygen atoms in total. The van der Waals surface area contributed by atoms with Crippen molar-refractivity contribution in [1.29, 1.82) is 0 Å². The van der Waals surface area contributed by atoms with Gasteiger partial charge in [0.15, 0.2) is 0 Å². The van der Waals surface area contributed by atoms with E-state index < -0.39 is 11.5 Å². The van der Waals surface area contributed by atoms with Crippen LogP contribution >= 0.6 is 0 Å². The molecule has 140 valence electrons. The topological polar surface area (TPSA) is 84.2 Å². The number of aliphatic carboxylic acids is 1. The van der Waals surface area contributed by atoms with Crippen LogP contribution in [-0.4, -0.2) is 32.3 Å². The highest BCUT2D eigenvalue weighted by molar-refractivity contribution is 5.88. The Bertz CT molecular complexity index is 643. The lowest BCUT2D eigenvalue weighted by molar-refractivity contribution is -0.150. The first-order valence-electron chi connectivity index (χ1n) is 9.24. The number of carbonyl (C=O) groups is 2. The number of carboxylic acid groups (broad SMARTS) is 1. The van der Waals surface area contributed by atoms with Gasteiger partial charge in [-0.05, 0) is 57.4 Å². The maximum absolute atomic E-state index is 12.7. The average Bonchev–Trinajstić information content (AvgIpc) is 2.81. The molecule has 1 atom stereocenters. The molecule has 2 N–H and O–H groups in total. The fourth-order valence-electron chi connectivity index (χ4n) is 3.84. The largest absolute Gasteiger partial charge is 0.480 e. The summed E-state index contributed by atoms with van der Waals surface area (Å²) in [6.07, 6.45) is 4.40. The zero-order valence-electron chi connectivity index (χ0n) is 16.1. The second kappa shape index (κ2) is 7.58. The molecule has 1 amide bonds. The molecule has 6 heteroatoms. The Kier molecular flexibility index (Phi) is 5.91. The number of aryl methyl sites for hydroxylation is 2. The van der Waals surface area contributed by atoms with Crippen molar-refractivity contribution in [1.82, 2.24) is 15.1 Å². The molecule has 25 heavy (non-hydrogen) atoms. The van der Waals surface area contributed by atoms with E-state index in [0.717, 1.165) is 36.2 Å². The van der Waals surface area contributed by atoms with Crippen molar-refractivity contribution >= 4 is 11.9 Å². The van der Waals surface area contributed by atoms with Gasteiger partial charge in [0.25, 0.3) is 0 Å².